The smallest absolute Gasteiger partial charge is 0.308 e. The van der Waals surface area contributed by atoms with Crippen LogP contribution in [0.3, 0.4) is 0 Å². The molecule has 0 saturated carbocycles. The molecule has 1 atom stereocenters. The van der Waals surface area contributed by atoms with Gasteiger partial charge in [0.1, 0.15) is 18.4 Å². The lowest BCUT2D eigenvalue weighted by Crippen LogP contribution is -2.60. The Morgan fingerprint density at radius 1 is 1.08 bits per heavy atom. The lowest BCUT2D eigenvalue weighted by molar-refractivity contribution is -0.147. The minimum atomic E-state index is -0.864. The molecule has 1 fully saturated rings. The standard InChI is InChI=1S/C26H31N3O6S/c1-2-33-16-17-34-21-10-8-20(9-11-21)24(31)28-26(36)29-14-13-27-25(32)22(29)18-23(30)35-15-12-19-6-4-3-5-7-19/h3-11,22H,2,12-18H2,1H3,(H,27,32)(H,28,31,36). The molecule has 1 aliphatic heterocycles. The molecule has 2 aromatic carbocycles. The van der Waals surface area contributed by atoms with Crippen LogP contribution < -0.4 is 15.4 Å². The van der Waals surface area contributed by atoms with Crippen LogP contribution in [0.25, 0.3) is 0 Å². The fourth-order valence-corrected chi connectivity index (χ4v) is 3.92. The Hall–Kier alpha value is -3.50. The number of benzene rings is 2. The van der Waals surface area contributed by atoms with Crippen molar-refractivity contribution in [2.75, 3.05) is 39.5 Å². The monoisotopic (exact) mass is 513 g/mol. The van der Waals surface area contributed by atoms with E-state index in [0.717, 1.165) is 5.56 Å². The Labute approximate surface area is 216 Å². The van der Waals surface area contributed by atoms with Crippen molar-refractivity contribution in [3.8, 4) is 5.75 Å². The first-order chi connectivity index (χ1) is 17.5. The van der Waals surface area contributed by atoms with E-state index in [4.69, 9.17) is 26.4 Å². The summed E-state index contributed by atoms with van der Waals surface area (Å²) >= 11 is 5.42. The van der Waals surface area contributed by atoms with Gasteiger partial charge in [0.25, 0.3) is 5.91 Å². The molecule has 1 unspecified atom stereocenters. The molecule has 1 heterocycles. The van der Waals surface area contributed by atoms with E-state index in [2.05, 4.69) is 10.6 Å². The molecule has 192 valence electrons. The average Bonchev–Trinajstić information content (AvgIpc) is 2.88. The number of carbonyl (C=O) groups is 3. The Morgan fingerprint density at radius 2 is 1.83 bits per heavy atom. The van der Waals surface area contributed by atoms with Crippen LogP contribution in [-0.4, -0.2) is 73.4 Å². The van der Waals surface area contributed by atoms with Gasteiger partial charge in [-0.25, -0.2) is 0 Å². The Morgan fingerprint density at radius 3 is 2.56 bits per heavy atom. The topological polar surface area (TPSA) is 106 Å². The molecular weight excluding hydrogens is 482 g/mol. The number of ether oxygens (including phenoxy) is 3. The van der Waals surface area contributed by atoms with Gasteiger partial charge in [0.2, 0.25) is 5.91 Å². The third kappa shape index (κ3) is 8.31. The summed E-state index contributed by atoms with van der Waals surface area (Å²) < 4.78 is 16.1. The van der Waals surface area contributed by atoms with Gasteiger partial charge in [-0.1, -0.05) is 30.3 Å². The number of piperazine rings is 1. The molecule has 2 amide bonds. The first-order valence-electron chi connectivity index (χ1n) is 11.9. The van der Waals surface area contributed by atoms with E-state index in [-0.39, 0.29) is 24.0 Å². The van der Waals surface area contributed by atoms with E-state index < -0.39 is 17.9 Å². The van der Waals surface area contributed by atoms with E-state index in [9.17, 15) is 14.4 Å². The van der Waals surface area contributed by atoms with Gasteiger partial charge in [-0.2, -0.15) is 0 Å². The average molecular weight is 514 g/mol. The summed E-state index contributed by atoms with van der Waals surface area (Å²) in [5.74, 6) is -0.651. The maximum absolute atomic E-state index is 12.7. The minimum absolute atomic E-state index is 0.0778. The number of nitrogens with zero attached hydrogens (tertiary/aromatic N) is 1. The van der Waals surface area contributed by atoms with Crippen LogP contribution in [0, 0.1) is 0 Å². The quantitative estimate of drug-likeness (QED) is 0.267. The molecule has 1 aliphatic rings. The van der Waals surface area contributed by atoms with Crippen molar-refractivity contribution in [2.24, 2.45) is 0 Å². The summed E-state index contributed by atoms with van der Waals surface area (Å²) in [7, 11) is 0. The van der Waals surface area contributed by atoms with Crippen molar-refractivity contribution >= 4 is 35.1 Å². The Kier molecular flexibility index (Phi) is 10.7. The zero-order valence-corrected chi connectivity index (χ0v) is 21.1. The van der Waals surface area contributed by atoms with Crippen LogP contribution in [-0.2, 0) is 25.5 Å². The zero-order chi connectivity index (χ0) is 25.8. The summed E-state index contributed by atoms with van der Waals surface area (Å²) in [4.78, 5) is 39.2. The third-order valence-electron chi connectivity index (χ3n) is 5.49. The largest absolute Gasteiger partial charge is 0.491 e. The number of carbonyl (C=O) groups excluding carboxylic acids is 3. The number of rotatable bonds is 11. The number of hydrogen-bond acceptors (Lipinski definition) is 7. The van der Waals surface area contributed by atoms with E-state index in [0.29, 0.717) is 50.6 Å². The third-order valence-corrected chi connectivity index (χ3v) is 5.82. The predicted octanol–water partition coefficient (Wildman–Crippen LogP) is 2.09. The predicted molar refractivity (Wildman–Crippen MR) is 138 cm³/mol. The van der Waals surface area contributed by atoms with Crippen molar-refractivity contribution in [1.82, 2.24) is 15.5 Å². The summed E-state index contributed by atoms with van der Waals surface area (Å²) in [5.41, 5.74) is 1.43. The highest BCUT2D eigenvalue weighted by Crippen LogP contribution is 2.14. The number of esters is 1. The van der Waals surface area contributed by atoms with Crippen LogP contribution in [0.15, 0.2) is 54.6 Å². The molecule has 2 aromatic rings. The van der Waals surface area contributed by atoms with Crippen molar-refractivity contribution in [3.05, 3.63) is 65.7 Å². The molecule has 10 heteroatoms. The lowest BCUT2D eigenvalue weighted by atomic mass is 10.1. The second kappa shape index (κ2) is 14.2. The maximum Gasteiger partial charge on any atom is 0.308 e. The van der Waals surface area contributed by atoms with Gasteiger partial charge < -0.3 is 24.4 Å². The van der Waals surface area contributed by atoms with Gasteiger partial charge in [0.15, 0.2) is 5.11 Å². The normalized spacial score (nSPS) is 15.1. The van der Waals surface area contributed by atoms with Crippen molar-refractivity contribution in [3.63, 3.8) is 0 Å². The first kappa shape index (κ1) is 27.1. The molecule has 3 rings (SSSR count). The molecule has 0 spiro atoms. The van der Waals surface area contributed by atoms with Gasteiger partial charge in [-0.05, 0) is 49.0 Å². The van der Waals surface area contributed by atoms with Gasteiger partial charge >= 0.3 is 5.97 Å². The first-order valence-corrected chi connectivity index (χ1v) is 12.3. The molecule has 0 aliphatic carbocycles. The SMILES string of the molecule is CCOCCOc1ccc(C(=O)NC(=S)N2CCNC(=O)C2CC(=O)OCCc2ccccc2)cc1. The van der Waals surface area contributed by atoms with Crippen LogP contribution in [0.1, 0.15) is 29.3 Å². The van der Waals surface area contributed by atoms with E-state index in [1.54, 1.807) is 29.2 Å². The number of nitrogens with one attached hydrogen (secondary N) is 2. The highest BCUT2D eigenvalue weighted by molar-refractivity contribution is 7.80. The van der Waals surface area contributed by atoms with Crippen LogP contribution in [0.4, 0.5) is 0 Å². The van der Waals surface area contributed by atoms with Gasteiger partial charge in [-0.3, -0.25) is 19.7 Å². The molecule has 1 saturated heterocycles. The van der Waals surface area contributed by atoms with Gasteiger partial charge in [-0.15, -0.1) is 0 Å². The van der Waals surface area contributed by atoms with E-state index in [1.165, 1.54) is 0 Å². The molecule has 2 N–H and O–H groups in total. The molecular formula is C26H31N3O6S. The summed E-state index contributed by atoms with van der Waals surface area (Å²) in [6, 6.07) is 15.4. The highest BCUT2D eigenvalue weighted by atomic mass is 32.1. The fourth-order valence-electron chi connectivity index (χ4n) is 3.61. The number of thiocarbonyl (C=S) groups is 1. The Balaban J connectivity index is 1.51. The Bertz CT molecular complexity index is 1030. The summed E-state index contributed by atoms with van der Waals surface area (Å²) in [6.45, 7) is 4.35. The van der Waals surface area contributed by atoms with Crippen LogP contribution in [0.5, 0.6) is 5.75 Å². The second-order valence-electron chi connectivity index (χ2n) is 7.99. The minimum Gasteiger partial charge on any atom is -0.491 e. The maximum atomic E-state index is 12.7. The van der Waals surface area contributed by atoms with Crippen LogP contribution in [0.2, 0.25) is 0 Å². The van der Waals surface area contributed by atoms with Crippen molar-refractivity contribution in [1.29, 1.82) is 0 Å². The van der Waals surface area contributed by atoms with Crippen LogP contribution >= 0.6 is 12.2 Å². The van der Waals surface area contributed by atoms with Gasteiger partial charge in [0, 0.05) is 31.7 Å². The number of hydrogen-bond donors (Lipinski definition) is 2. The summed E-state index contributed by atoms with van der Waals surface area (Å²) in [5, 5.41) is 5.47. The zero-order valence-electron chi connectivity index (χ0n) is 20.2. The molecule has 0 radical (unpaired) electrons. The van der Waals surface area contributed by atoms with E-state index >= 15 is 0 Å². The molecule has 36 heavy (non-hydrogen) atoms. The van der Waals surface area contributed by atoms with Crippen molar-refractivity contribution in [2.45, 2.75) is 25.8 Å². The second-order valence-corrected chi connectivity index (χ2v) is 8.38. The van der Waals surface area contributed by atoms with E-state index in [1.807, 2.05) is 37.3 Å². The lowest BCUT2D eigenvalue weighted by Gasteiger charge is -2.36. The van der Waals surface area contributed by atoms with Crippen molar-refractivity contribution < 1.29 is 28.6 Å². The molecule has 9 nitrogen and oxygen atoms in total. The molecule has 0 bridgehead atoms. The fraction of sp³-hybridized carbons (Fsp3) is 0.385. The number of amides is 2. The summed E-state index contributed by atoms with van der Waals surface area (Å²) in [6.07, 6.45) is 0.405. The highest BCUT2D eigenvalue weighted by Gasteiger charge is 2.34. The van der Waals surface area contributed by atoms with Gasteiger partial charge in [0.05, 0.1) is 19.6 Å². The molecule has 0 aromatic heterocycles.